The molecule has 1 aromatic rings. The molecule has 2 N–H and O–H groups in total. The van der Waals surface area contributed by atoms with Crippen molar-refractivity contribution in [2.75, 3.05) is 12.3 Å². The average Bonchev–Trinajstić information content (AvgIpc) is 2.45. The smallest absolute Gasteiger partial charge is 0.303 e. The number of amides is 1. The molecule has 0 aromatic heterocycles. The lowest BCUT2D eigenvalue weighted by atomic mass is 10.1. The van der Waals surface area contributed by atoms with E-state index in [1.165, 1.54) is 0 Å². The van der Waals surface area contributed by atoms with Gasteiger partial charge >= 0.3 is 5.97 Å². The molecule has 0 atom stereocenters. The van der Waals surface area contributed by atoms with E-state index in [-0.39, 0.29) is 12.3 Å². The fourth-order valence-corrected chi connectivity index (χ4v) is 3.27. The summed E-state index contributed by atoms with van der Waals surface area (Å²) in [7, 11) is 0. The van der Waals surface area contributed by atoms with Gasteiger partial charge in [-0.3, -0.25) is 9.59 Å². The zero-order chi connectivity index (χ0) is 16.4. The quantitative estimate of drug-likeness (QED) is 0.470. The van der Waals surface area contributed by atoms with Gasteiger partial charge in [-0.25, -0.2) is 0 Å². The molecular formula is C16H22BrNO3S. The number of carboxylic acid groups (broad SMARTS) is 1. The van der Waals surface area contributed by atoms with Crippen molar-refractivity contribution in [3.63, 3.8) is 0 Å². The molecule has 122 valence electrons. The molecule has 0 bridgehead atoms. The van der Waals surface area contributed by atoms with Crippen LogP contribution in [0.5, 0.6) is 0 Å². The molecule has 0 aliphatic carbocycles. The van der Waals surface area contributed by atoms with Gasteiger partial charge in [-0.2, -0.15) is 0 Å². The molecule has 0 unspecified atom stereocenters. The van der Waals surface area contributed by atoms with Crippen LogP contribution >= 0.6 is 27.7 Å². The van der Waals surface area contributed by atoms with Gasteiger partial charge < -0.3 is 10.4 Å². The van der Waals surface area contributed by atoms with Crippen LogP contribution in [0.3, 0.4) is 0 Å². The summed E-state index contributed by atoms with van der Waals surface area (Å²) in [6.07, 6.45) is 3.69. The second-order valence-corrected chi connectivity index (χ2v) is 7.04. The lowest BCUT2D eigenvalue weighted by molar-refractivity contribution is -0.137. The third-order valence-corrected chi connectivity index (χ3v) is 4.80. The molecule has 0 aliphatic heterocycles. The third-order valence-electron chi connectivity index (χ3n) is 3.14. The number of carboxylic acids is 1. The van der Waals surface area contributed by atoms with Gasteiger partial charge in [0.2, 0.25) is 5.91 Å². The average molecular weight is 388 g/mol. The zero-order valence-electron chi connectivity index (χ0n) is 12.7. The van der Waals surface area contributed by atoms with Crippen LogP contribution in [-0.2, 0) is 9.59 Å². The minimum atomic E-state index is -0.742. The maximum absolute atomic E-state index is 11.8. The van der Waals surface area contributed by atoms with Crippen molar-refractivity contribution in [3.8, 4) is 0 Å². The minimum Gasteiger partial charge on any atom is -0.481 e. The molecule has 6 heteroatoms. The van der Waals surface area contributed by atoms with Crippen molar-refractivity contribution in [2.24, 2.45) is 0 Å². The fourth-order valence-electron chi connectivity index (χ4n) is 1.95. The van der Waals surface area contributed by atoms with Gasteiger partial charge in [-0.1, -0.05) is 28.8 Å². The van der Waals surface area contributed by atoms with Crippen molar-refractivity contribution in [3.05, 3.63) is 28.2 Å². The van der Waals surface area contributed by atoms with Gasteiger partial charge in [-0.15, -0.1) is 11.8 Å². The Morgan fingerprint density at radius 2 is 1.95 bits per heavy atom. The van der Waals surface area contributed by atoms with Gasteiger partial charge in [0, 0.05) is 22.3 Å². The summed E-state index contributed by atoms with van der Waals surface area (Å²) in [5, 5.41) is 11.4. The number of carbonyl (C=O) groups is 2. The SMILES string of the molecule is Cc1cc(Br)ccc1SCC(=O)NCCCCCCC(=O)O. The van der Waals surface area contributed by atoms with Gasteiger partial charge in [0.15, 0.2) is 0 Å². The first-order valence-corrected chi connectivity index (χ1v) is 9.14. The summed E-state index contributed by atoms with van der Waals surface area (Å²) in [6.45, 7) is 2.69. The molecule has 1 rings (SSSR count). The van der Waals surface area contributed by atoms with Crippen LogP contribution in [0.2, 0.25) is 0 Å². The molecule has 0 saturated carbocycles. The number of thioether (sulfide) groups is 1. The number of carbonyl (C=O) groups excluding carboxylic acids is 1. The van der Waals surface area contributed by atoms with Gasteiger partial charge in [0.25, 0.3) is 0 Å². The number of rotatable bonds is 10. The monoisotopic (exact) mass is 387 g/mol. The highest BCUT2D eigenvalue weighted by molar-refractivity contribution is 9.10. The van der Waals surface area contributed by atoms with E-state index in [1.54, 1.807) is 11.8 Å². The Morgan fingerprint density at radius 1 is 1.23 bits per heavy atom. The van der Waals surface area contributed by atoms with Gasteiger partial charge in [0.05, 0.1) is 5.75 Å². The first kappa shape index (κ1) is 19.0. The van der Waals surface area contributed by atoms with Gasteiger partial charge in [-0.05, 0) is 43.5 Å². The Labute approximate surface area is 144 Å². The van der Waals surface area contributed by atoms with Crippen LogP contribution in [0.4, 0.5) is 0 Å². The number of aliphatic carboxylic acids is 1. The van der Waals surface area contributed by atoms with Crippen LogP contribution in [0, 0.1) is 6.92 Å². The van der Waals surface area contributed by atoms with Crippen molar-refractivity contribution in [2.45, 2.75) is 43.9 Å². The maximum atomic E-state index is 11.8. The van der Waals surface area contributed by atoms with E-state index in [0.717, 1.165) is 34.2 Å². The molecule has 4 nitrogen and oxygen atoms in total. The summed E-state index contributed by atoms with van der Waals surface area (Å²) in [5.41, 5.74) is 1.16. The molecule has 0 aliphatic rings. The van der Waals surface area contributed by atoms with Crippen molar-refractivity contribution in [1.29, 1.82) is 0 Å². The van der Waals surface area contributed by atoms with Crippen molar-refractivity contribution < 1.29 is 14.7 Å². The Bertz CT molecular complexity index is 508. The van der Waals surface area contributed by atoms with E-state index in [2.05, 4.69) is 21.2 Å². The Morgan fingerprint density at radius 3 is 2.64 bits per heavy atom. The summed E-state index contributed by atoms with van der Waals surface area (Å²) in [4.78, 5) is 23.2. The summed E-state index contributed by atoms with van der Waals surface area (Å²) >= 11 is 4.96. The Hall–Kier alpha value is -1.01. The highest BCUT2D eigenvalue weighted by atomic mass is 79.9. The number of unbranched alkanes of at least 4 members (excludes halogenated alkanes) is 3. The summed E-state index contributed by atoms with van der Waals surface area (Å²) in [5.74, 6) is -0.284. The van der Waals surface area contributed by atoms with E-state index < -0.39 is 5.97 Å². The Balaban J connectivity index is 2.10. The second-order valence-electron chi connectivity index (χ2n) is 5.11. The third kappa shape index (κ3) is 8.44. The predicted molar refractivity (Wildman–Crippen MR) is 93.3 cm³/mol. The highest BCUT2D eigenvalue weighted by Gasteiger charge is 2.05. The molecule has 1 amide bonds. The molecule has 0 heterocycles. The molecule has 0 fully saturated rings. The van der Waals surface area contributed by atoms with Crippen LogP contribution in [0.1, 0.15) is 37.7 Å². The molecule has 1 aromatic carbocycles. The number of halogens is 1. The highest BCUT2D eigenvalue weighted by Crippen LogP contribution is 2.25. The first-order valence-electron chi connectivity index (χ1n) is 7.36. The normalized spacial score (nSPS) is 10.5. The summed E-state index contributed by atoms with van der Waals surface area (Å²) < 4.78 is 1.04. The first-order chi connectivity index (χ1) is 10.5. The molecular weight excluding hydrogens is 366 g/mol. The second kappa shape index (κ2) is 10.7. The standard InChI is InChI=1S/C16H22BrNO3S/c1-12-10-13(17)7-8-14(12)22-11-15(19)18-9-5-3-2-4-6-16(20)21/h7-8,10H,2-6,9,11H2,1H3,(H,18,19)(H,20,21). The summed E-state index contributed by atoms with van der Waals surface area (Å²) in [6, 6.07) is 6.03. The zero-order valence-corrected chi connectivity index (χ0v) is 15.1. The van der Waals surface area contributed by atoms with Crippen LogP contribution in [-0.4, -0.2) is 29.3 Å². The maximum Gasteiger partial charge on any atom is 0.303 e. The molecule has 0 radical (unpaired) electrons. The van der Waals surface area contributed by atoms with E-state index in [4.69, 9.17) is 5.11 Å². The lowest BCUT2D eigenvalue weighted by Crippen LogP contribution is -2.26. The lowest BCUT2D eigenvalue weighted by Gasteiger charge is -2.07. The van der Waals surface area contributed by atoms with Gasteiger partial charge in [0.1, 0.15) is 0 Å². The Kier molecular flexibility index (Phi) is 9.24. The van der Waals surface area contributed by atoms with E-state index in [0.29, 0.717) is 18.7 Å². The van der Waals surface area contributed by atoms with E-state index in [9.17, 15) is 9.59 Å². The molecule has 0 saturated heterocycles. The predicted octanol–water partition coefficient (Wildman–Crippen LogP) is 4.00. The number of benzene rings is 1. The number of aryl methyl sites for hydroxylation is 1. The van der Waals surface area contributed by atoms with Crippen LogP contribution < -0.4 is 5.32 Å². The van der Waals surface area contributed by atoms with Crippen molar-refractivity contribution >= 4 is 39.6 Å². The van der Waals surface area contributed by atoms with E-state index >= 15 is 0 Å². The number of hydrogen-bond acceptors (Lipinski definition) is 3. The number of hydrogen-bond donors (Lipinski definition) is 2. The topological polar surface area (TPSA) is 66.4 Å². The molecule has 0 spiro atoms. The minimum absolute atomic E-state index is 0.0397. The molecule has 22 heavy (non-hydrogen) atoms. The van der Waals surface area contributed by atoms with E-state index in [1.807, 2.05) is 25.1 Å². The van der Waals surface area contributed by atoms with Crippen molar-refractivity contribution in [1.82, 2.24) is 5.32 Å². The fraction of sp³-hybridized carbons (Fsp3) is 0.500. The largest absolute Gasteiger partial charge is 0.481 e. The van der Waals surface area contributed by atoms with Crippen LogP contribution in [0.25, 0.3) is 0 Å². The number of nitrogens with one attached hydrogen (secondary N) is 1. The van der Waals surface area contributed by atoms with Crippen LogP contribution in [0.15, 0.2) is 27.6 Å².